The second kappa shape index (κ2) is 7.94. The number of hydrogen-bond acceptors (Lipinski definition) is 5. The molecule has 2 aromatic rings. The molecule has 6 heteroatoms. The van der Waals surface area contributed by atoms with Gasteiger partial charge in [-0.15, -0.1) is 5.10 Å². The van der Waals surface area contributed by atoms with Crippen LogP contribution in [0.1, 0.15) is 44.2 Å². The number of rotatable bonds is 7. The van der Waals surface area contributed by atoms with Gasteiger partial charge in [0.05, 0.1) is 13.2 Å². The Labute approximate surface area is 143 Å². The summed E-state index contributed by atoms with van der Waals surface area (Å²) in [5.74, 6) is 3.72. The van der Waals surface area contributed by atoms with Crippen molar-refractivity contribution in [1.82, 2.24) is 19.7 Å². The van der Waals surface area contributed by atoms with Crippen molar-refractivity contribution in [1.29, 1.82) is 0 Å². The molecule has 0 radical (unpaired) electrons. The molecule has 1 saturated heterocycles. The van der Waals surface area contributed by atoms with Crippen LogP contribution in [0, 0.1) is 6.92 Å². The summed E-state index contributed by atoms with van der Waals surface area (Å²) in [6, 6.07) is 3.91. The molecule has 0 aromatic carbocycles. The molecular formula is C18H28N4O2. The standard InChI is InChI=1S/C18H28N4O2/c1-4-5-8-22-18(14(2)13-21-9-11-23-12-10-21)19-17(20-22)16-7-6-15(3)24-16/h6-7,14H,4-5,8-13H2,1-3H3. The number of aromatic nitrogens is 3. The highest BCUT2D eigenvalue weighted by molar-refractivity contribution is 5.46. The van der Waals surface area contributed by atoms with Crippen molar-refractivity contribution in [3.63, 3.8) is 0 Å². The Hall–Kier alpha value is -1.66. The summed E-state index contributed by atoms with van der Waals surface area (Å²) in [5.41, 5.74) is 0. The van der Waals surface area contributed by atoms with E-state index < -0.39 is 0 Å². The van der Waals surface area contributed by atoms with Crippen LogP contribution in [0.5, 0.6) is 0 Å². The lowest BCUT2D eigenvalue weighted by atomic mass is 10.1. The molecule has 1 unspecified atom stereocenters. The van der Waals surface area contributed by atoms with E-state index in [2.05, 4.69) is 23.4 Å². The van der Waals surface area contributed by atoms with Crippen molar-refractivity contribution in [2.75, 3.05) is 32.8 Å². The van der Waals surface area contributed by atoms with Gasteiger partial charge in [-0.3, -0.25) is 4.90 Å². The van der Waals surface area contributed by atoms with Gasteiger partial charge in [-0.05, 0) is 25.5 Å². The molecule has 0 spiro atoms. The normalized spacial score (nSPS) is 17.3. The zero-order chi connectivity index (χ0) is 16.9. The molecular weight excluding hydrogens is 304 g/mol. The number of hydrogen-bond donors (Lipinski definition) is 0. The smallest absolute Gasteiger partial charge is 0.217 e. The summed E-state index contributed by atoms with van der Waals surface area (Å²) in [6.07, 6.45) is 2.25. The summed E-state index contributed by atoms with van der Waals surface area (Å²) in [6.45, 7) is 11.9. The Morgan fingerprint density at radius 2 is 2.04 bits per heavy atom. The fourth-order valence-electron chi connectivity index (χ4n) is 3.10. The van der Waals surface area contributed by atoms with Gasteiger partial charge in [0.15, 0.2) is 5.76 Å². The Morgan fingerprint density at radius 1 is 1.25 bits per heavy atom. The van der Waals surface area contributed by atoms with Crippen LogP contribution >= 0.6 is 0 Å². The molecule has 6 nitrogen and oxygen atoms in total. The van der Waals surface area contributed by atoms with Crippen molar-refractivity contribution in [2.45, 2.75) is 46.1 Å². The SMILES string of the molecule is CCCCn1nc(-c2ccc(C)o2)nc1C(C)CN1CCOCC1. The molecule has 132 valence electrons. The first-order valence-electron chi connectivity index (χ1n) is 8.99. The monoisotopic (exact) mass is 332 g/mol. The second-order valence-electron chi connectivity index (χ2n) is 6.59. The van der Waals surface area contributed by atoms with Crippen molar-refractivity contribution < 1.29 is 9.15 Å². The molecule has 0 saturated carbocycles. The van der Waals surface area contributed by atoms with E-state index >= 15 is 0 Å². The average Bonchev–Trinajstić information content (AvgIpc) is 3.20. The molecule has 1 atom stereocenters. The molecule has 0 amide bonds. The van der Waals surface area contributed by atoms with Gasteiger partial charge < -0.3 is 9.15 Å². The van der Waals surface area contributed by atoms with E-state index in [4.69, 9.17) is 19.2 Å². The maximum atomic E-state index is 5.71. The molecule has 1 aliphatic rings. The van der Waals surface area contributed by atoms with Gasteiger partial charge in [-0.25, -0.2) is 9.67 Å². The van der Waals surface area contributed by atoms with E-state index in [1.54, 1.807) is 0 Å². The third-order valence-electron chi connectivity index (χ3n) is 4.46. The third-order valence-corrected chi connectivity index (χ3v) is 4.46. The summed E-state index contributed by atoms with van der Waals surface area (Å²) in [4.78, 5) is 7.26. The fourth-order valence-corrected chi connectivity index (χ4v) is 3.10. The van der Waals surface area contributed by atoms with Crippen LogP contribution in [0.15, 0.2) is 16.5 Å². The first kappa shape index (κ1) is 17.2. The largest absolute Gasteiger partial charge is 0.458 e. The highest BCUT2D eigenvalue weighted by atomic mass is 16.5. The van der Waals surface area contributed by atoms with Crippen LogP contribution in [0.25, 0.3) is 11.6 Å². The molecule has 1 fully saturated rings. The number of morpholine rings is 1. The second-order valence-corrected chi connectivity index (χ2v) is 6.59. The predicted octanol–water partition coefficient (Wildman–Crippen LogP) is 3.08. The minimum absolute atomic E-state index is 0.331. The van der Waals surface area contributed by atoms with Gasteiger partial charge in [0.2, 0.25) is 5.82 Å². The number of aryl methyl sites for hydroxylation is 2. The number of ether oxygens (including phenoxy) is 1. The molecule has 0 bridgehead atoms. The Bertz CT molecular complexity index is 643. The van der Waals surface area contributed by atoms with Crippen LogP contribution < -0.4 is 0 Å². The van der Waals surface area contributed by atoms with E-state index in [1.165, 1.54) is 0 Å². The van der Waals surface area contributed by atoms with Crippen molar-refractivity contribution in [3.8, 4) is 11.6 Å². The maximum absolute atomic E-state index is 5.71. The summed E-state index contributed by atoms with van der Waals surface area (Å²) in [7, 11) is 0. The van der Waals surface area contributed by atoms with Gasteiger partial charge in [0.25, 0.3) is 0 Å². The van der Waals surface area contributed by atoms with Gasteiger partial charge in [0.1, 0.15) is 11.6 Å². The Kier molecular flexibility index (Phi) is 5.68. The Morgan fingerprint density at radius 3 is 2.71 bits per heavy atom. The molecule has 24 heavy (non-hydrogen) atoms. The minimum Gasteiger partial charge on any atom is -0.458 e. The van der Waals surface area contributed by atoms with Crippen LogP contribution in [-0.4, -0.2) is 52.5 Å². The van der Waals surface area contributed by atoms with Crippen LogP contribution in [-0.2, 0) is 11.3 Å². The first-order valence-corrected chi connectivity index (χ1v) is 8.99. The predicted molar refractivity (Wildman–Crippen MR) is 93.0 cm³/mol. The lowest BCUT2D eigenvalue weighted by molar-refractivity contribution is 0.0352. The van der Waals surface area contributed by atoms with Gasteiger partial charge in [0, 0.05) is 32.1 Å². The number of nitrogens with zero attached hydrogens (tertiary/aromatic N) is 4. The highest BCUT2D eigenvalue weighted by Gasteiger charge is 2.21. The number of furan rings is 1. The molecule has 0 aliphatic carbocycles. The van der Waals surface area contributed by atoms with Gasteiger partial charge in [-0.2, -0.15) is 0 Å². The fraction of sp³-hybridized carbons (Fsp3) is 0.667. The molecule has 3 rings (SSSR count). The van der Waals surface area contributed by atoms with Crippen LogP contribution in [0.3, 0.4) is 0 Å². The summed E-state index contributed by atoms with van der Waals surface area (Å²) < 4.78 is 13.2. The topological polar surface area (TPSA) is 56.3 Å². The van der Waals surface area contributed by atoms with Crippen molar-refractivity contribution >= 4 is 0 Å². The van der Waals surface area contributed by atoms with E-state index in [-0.39, 0.29) is 0 Å². The van der Waals surface area contributed by atoms with E-state index in [0.717, 1.165) is 69.6 Å². The molecule has 2 aromatic heterocycles. The molecule has 1 aliphatic heterocycles. The zero-order valence-electron chi connectivity index (χ0n) is 15.0. The zero-order valence-corrected chi connectivity index (χ0v) is 15.0. The first-order chi connectivity index (χ1) is 11.7. The lowest BCUT2D eigenvalue weighted by Gasteiger charge is -2.28. The van der Waals surface area contributed by atoms with E-state index in [9.17, 15) is 0 Å². The van der Waals surface area contributed by atoms with Crippen LogP contribution in [0.2, 0.25) is 0 Å². The summed E-state index contributed by atoms with van der Waals surface area (Å²) in [5, 5.41) is 4.71. The third kappa shape index (κ3) is 4.05. The average molecular weight is 332 g/mol. The lowest BCUT2D eigenvalue weighted by Crippen LogP contribution is -2.38. The Balaban J connectivity index is 1.79. The highest BCUT2D eigenvalue weighted by Crippen LogP contribution is 2.23. The van der Waals surface area contributed by atoms with E-state index in [0.29, 0.717) is 11.7 Å². The van der Waals surface area contributed by atoms with Gasteiger partial charge >= 0.3 is 0 Å². The summed E-state index contributed by atoms with van der Waals surface area (Å²) >= 11 is 0. The molecule has 3 heterocycles. The molecule has 0 N–H and O–H groups in total. The quantitative estimate of drug-likeness (QED) is 0.780. The minimum atomic E-state index is 0.331. The van der Waals surface area contributed by atoms with E-state index in [1.807, 2.05) is 19.1 Å². The van der Waals surface area contributed by atoms with Crippen molar-refractivity contribution in [3.05, 3.63) is 23.7 Å². The van der Waals surface area contributed by atoms with Crippen molar-refractivity contribution in [2.24, 2.45) is 0 Å². The maximum Gasteiger partial charge on any atom is 0.217 e. The number of unbranched alkanes of at least 4 members (excludes halogenated alkanes) is 1. The van der Waals surface area contributed by atoms with Crippen LogP contribution in [0.4, 0.5) is 0 Å². The van der Waals surface area contributed by atoms with Gasteiger partial charge in [-0.1, -0.05) is 20.3 Å².